The van der Waals surface area contributed by atoms with Gasteiger partial charge in [-0.15, -0.1) is 11.8 Å². The van der Waals surface area contributed by atoms with Crippen LogP contribution in [0.4, 0.5) is 5.69 Å². The van der Waals surface area contributed by atoms with Crippen molar-refractivity contribution in [2.75, 3.05) is 17.7 Å². The lowest BCUT2D eigenvalue weighted by molar-refractivity contribution is -0.112. The molecule has 1 aliphatic heterocycles. The SMILES string of the molecule is CN1/C(=C/C(=O)CSCc2ccc(Cl)cc2)C(C)(C)c2ccccc21. The molecule has 0 atom stereocenters. The Hall–Kier alpha value is -1.71. The van der Waals surface area contributed by atoms with E-state index in [4.69, 9.17) is 11.6 Å². The number of thioether (sulfide) groups is 1. The quantitative estimate of drug-likeness (QED) is 0.651. The Labute approximate surface area is 158 Å². The summed E-state index contributed by atoms with van der Waals surface area (Å²) in [4.78, 5) is 14.6. The van der Waals surface area contributed by atoms with Crippen molar-refractivity contribution in [2.24, 2.45) is 0 Å². The lowest BCUT2D eigenvalue weighted by atomic mass is 9.83. The predicted molar refractivity (Wildman–Crippen MR) is 109 cm³/mol. The number of likely N-dealkylation sites (N-methyl/N-ethyl adjacent to an activating group) is 1. The highest BCUT2D eigenvalue weighted by Crippen LogP contribution is 2.46. The number of para-hydroxylation sites is 1. The van der Waals surface area contributed by atoms with E-state index in [1.165, 1.54) is 16.8 Å². The minimum atomic E-state index is -0.151. The Kier molecular flexibility index (Phi) is 5.26. The van der Waals surface area contributed by atoms with Gasteiger partial charge in [-0.3, -0.25) is 4.79 Å². The number of nitrogens with zero attached hydrogens (tertiary/aromatic N) is 1. The Morgan fingerprint density at radius 3 is 2.52 bits per heavy atom. The first-order chi connectivity index (χ1) is 11.9. The maximum Gasteiger partial charge on any atom is 0.167 e. The van der Waals surface area contributed by atoms with Crippen molar-refractivity contribution in [2.45, 2.75) is 25.0 Å². The molecule has 3 rings (SSSR count). The van der Waals surface area contributed by atoms with Gasteiger partial charge >= 0.3 is 0 Å². The molecule has 0 N–H and O–H groups in total. The largest absolute Gasteiger partial charge is 0.347 e. The van der Waals surface area contributed by atoms with E-state index < -0.39 is 0 Å². The molecule has 25 heavy (non-hydrogen) atoms. The summed E-state index contributed by atoms with van der Waals surface area (Å²) in [6.07, 6.45) is 1.81. The van der Waals surface area contributed by atoms with E-state index in [0.717, 1.165) is 16.5 Å². The molecule has 0 unspecified atom stereocenters. The van der Waals surface area contributed by atoms with E-state index in [0.29, 0.717) is 5.75 Å². The van der Waals surface area contributed by atoms with E-state index in [-0.39, 0.29) is 11.2 Å². The topological polar surface area (TPSA) is 20.3 Å². The Morgan fingerprint density at radius 1 is 1.16 bits per heavy atom. The molecule has 4 heteroatoms. The summed E-state index contributed by atoms with van der Waals surface area (Å²) in [6, 6.07) is 16.1. The van der Waals surface area contributed by atoms with E-state index in [9.17, 15) is 4.79 Å². The summed E-state index contributed by atoms with van der Waals surface area (Å²) in [5, 5.41) is 0.737. The summed E-state index contributed by atoms with van der Waals surface area (Å²) < 4.78 is 0. The van der Waals surface area contributed by atoms with Crippen LogP contribution in [0.5, 0.6) is 0 Å². The van der Waals surface area contributed by atoms with Crippen molar-refractivity contribution in [3.8, 4) is 0 Å². The summed E-state index contributed by atoms with van der Waals surface area (Å²) in [5.74, 6) is 1.44. The molecule has 0 aliphatic carbocycles. The number of carbonyl (C=O) groups excluding carboxylic acids is 1. The second kappa shape index (κ2) is 7.27. The number of anilines is 1. The summed E-state index contributed by atoms with van der Waals surface area (Å²) in [7, 11) is 2.04. The van der Waals surface area contributed by atoms with Gasteiger partial charge in [-0.2, -0.15) is 0 Å². The minimum absolute atomic E-state index is 0.151. The van der Waals surface area contributed by atoms with Gasteiger partial charge in [0.15, 0.2) is 5.78 Å². The van der Waals surface area contributed by atoms with Crippen LogP contribution in [-0.4, -0.2) is 18.6 Å². The van der Waals surface area contributed by atoms with Crippen LogP contribution in [0.25, 0.3) is 0 Å². The molecular weight excluding hydrogens is 350 g/mol. The average molecular weight is 372 g/mol. The van der Waals surface area contributed by atoms with Crippen LogP contribution >= 0.6 is 23.4 Å². The van der Waals surface area contributed by atoms with Gasteiger partial charge in [0.1, 0.15) is 0 Å². The molecule has 2 aromatic rings. The summed E-state index contributed by atoms with van der Waals surface area (Å²) in [5.41, 5.74) is 4.54. The highest BCUT2D eigenvalue weighted by molar-refractivity contribution is 7.99. The van der Waals surface area contributed by atoms with Crippen molar-refractivity contribution >= 4 is 34.8 Å². The minimum Gasteiger partial charge on any atom is -0.347 e. The van der Waals surface area contributed by atoms with Crippen LogP contribution in [0.3, 0.4) is 0 Å². The maximum atomic E-state index is 12.5. The molecule has 0 fully saturated rings. The van der Waals surface area contributed by atoms with Crippen molar-refractivity contribution in [3.05, 3.63) is 76.5 Å². The van der Waals surface area contributed by atoms with Crippen molar-refractivity contribution in [1.29, 1.82) is 0 Å². The first kappa shape index (κ1) is 18.1. The number of ketones is 1. The molecule has 1 aliphatic rings. The van der Waals surface area contributed by atoms with Gasteiger partial charge in [0.2, 0.25) is 0 Å². The number of hydrogen-bond donors (Lipinski definition) is 0. The zero-order chi connectivity index (χ0) is 18.0. The zero-order valence-electron chi connectivity index (χ0n) is 14.8. The predicted octanol–water partition coefficient (Wildman–Crippen LogP) is 5.45. The molecule has 130 valence electrons. The fraction of sp³-hybridized carbons (Fsp3) is 0.286. The van der Waals surface area contributed by atoms with Crippen molar-refractivity contribution < 1.29 is 4.79 Å². The third kappa shape index (κ3) is 3.78. The Balaban J connectivity index is 1.66. The number of benzene rings is 2. The van der Waals surface area contributed by atoms with Crippen LogP contribution in [-0.2, 0) is 16.0 Å². The van der Waals surface area contributed by atoms with Gasteiger partial charge in [0.05, 0.1) is 5.75 Å². The van der Waals surface area contributed by atoms with E-state index in [1.807, 2.05) is 43.5 Å². The van der Waals surface area contributed by atoms with Crippen LogP contribution in [0.15, 0.2) is 60.3 Å². The molecule has 0 spiro atoms. The third-order valence-corrected chi connectivity index (χ3v) is 5.94. The molecule has 0 radical (unpaired) electrons. The smallest absolute Gasteiger partial charge is 0.167 e. The number of carbonyl (C=O) groups is 1. The highest BCUT2D eigenvalue weighted by atomic mass is 35.5. The van der Waals surface area contributed by atoms with Gasteiger partial charge in [-0.25, -0.2) is 0 Å². The van der Waals surface area contributed by atoms with E-state index in [2.05, 4.69) is 36.9 Å². The molecule has 0 amide bonds. The lowest BCUT2D eigenvalue weighted by Crippen LogP contribution is -2.24. The lowest BCUT2D eigenvalue weighted by Gasteiger charge is -2.23. The van der Waals surface area contributed by atoms with Gasteiger partial charge in [0.25, 0.3) is 0 Å². The highest BCUT2D eigenvalue weighted by Gasteiger charge is 2.38. The summed E-state index contributed by atoms with van der Waals surface area (Å²) in [6.45, 7) is 4.35. The Bertz CT molecular complexity index is 811. The van der Waals surface area contributed by atoms with Crippen molar-refractivity contribution in [3.63, 3.8) is 0 Å². The monoisotopic (exact) mass is 371 g/mol. The van der Waals surface area contributed by atoms with Crippen LogP contribution in [0, 0.1) is 0 Å². The molecule has 0 aromatic heterocycles. The summed E-state index contributed by atoms with van der Waals surface area (Å²) >= 11 is 7.53. The fourth-order valence-corrected chi connectivity index (χ4v) is 4.24. The molecule has 2 nitrogen and oxygen atoms in total. The normalized spacial score (nSPS) is 17.0. The van der Waals surface area contributed by atoms with Gasteiger partial charge in [-0.05, 0) is 29.3 Å². The van der Waals surface area contributed by atoms with Crippen LogP contribution in [0.2, 0.25) is 5.02 Å². The van der Waals surface area contributed by atoms with Gasteiger partial charge < -0.3 is 4.90 Å². The first-order valence-corrected chi connectivity index (χ1v) is 9.83. The van der Waals surface area contributed by atoms with Crippen LogP contribution in [0.1, 0.15) is 25.0 Å². The number of rotatable bonds is 5. The second-order valence-corrected chi connectivity index (χ2v) is 8.24. The zero-order valence-corrected chi connectivity index (χ0v) is 16.3. The Morgan fingerprint density at radius 2 is 1.84 bits per heavy atom. The molecular formula is C21H22ClNOS. The molecule has 0 saturated carbocycles. The molecule has 0 bridgehead atoms. The number of allylic oxidation sites excluding steroid dienone is 2. The standard InChI is InChI=1S/C21H22ClNOS/c1-21(2)18-6-4-5-7-19(18)23(3)20(21)12-17(24)14-25-13-15-8-10-16(22)11-9-15/h4-12H,13-14H2,1-3H3/b20-12+. The first-order valence-electron chi connectivity index (χ1n) is 8.30. The molecule has 0 saturated heterocycles. The number of fused-ring (bicyclic) bond motifs is 1. The average Bonchev–Trinajstić information content (AvgIpc) is 2.78. The van der Waals surface area contributed by atoms with E-state index >= 15 is 0 Å². The third-order valence-electron chi connectivity index (χ3n) is 4.66. The second-order valence-electron chi connectivity index (χ2n) is 6.82. The van der Waals surface area contributed by atoms with Crippen molar-refractivity contribution in [1.82, 2.24) is 0 Å². The van der Waals surface area contributed by atoms with Crippen LogP contribution < -0.4 is 4.90 Å². The van der Waals surface area contributed by atoms with E-state index in [1.54, 1.807) is 11.8 Å². The molecule has 1 heterocycles. The van der Waals surface area contributed by atoms with Gasteiger partial charge in [0, 0.05) is 40.7 Å². The molecule has 2 aromatic carbocycles. The number of halogens is 1. The maximum absolute atomic E-state index is 12.5. The fourth-order valence-electron chi connectivity index (χ4n) is 3.30. The van der Waals surface area contributed by atoms with Gasteiger partial charge in [-0.1, -0.05) is 55.8 Å². The number of hydrogen-bond acceptors (Lipinski definition) is 3.